The van der Waals surface area contributed by atoms with Crippen LogP contribution in [0.2, 0.25) is 0 Å². The fraction of sp³-hybridized carbons (Fsp3) is 0.533. The predicted octanol–water partition coefficient (Wildman–Crippen LogP) is 2.59. The molecule has 1 heterocycles. The quantitative estimate of drug-likeness (QED) is 0.837. The highest BCUT2D eigenvalue weighted by molar-refractivity contribution is 9.10. The van der Waals surface area contributed by atoms with Crippen LogP contribution in [0.3, 0.4) is 0 Å². The molecule has 2 rings (SSSR count). The summed E-state index contributed by atoms with van der Waals surface area (Å²) in [4.78, 5) is 13.7. The van der Waals surface area contributed by atoms with Gasteiger partial charge < -0.3 is 14.7 Å². The first kappa shape index (κ1) is 15.3. The Balaban J connectivity index is 1.65. The van der Waals surface area contributed by atoms with Crippen LogP contribution in [0, 0.1) is 0 Å². The van der Waals surface area contributed by atoms with Crippen molar-refractivity contribution in [2.24, 2.45) is 0 Å². The Kier molecular flexibility index (Phi) is 5.86. The van der Waals surface area contributed by atoms with E-state index in [1.54, 1.807) is 4.90 Å². The highest BCUT2D eigenvalue weighted by Crippen LogP contribution is 2.16. The lowest BCUT2D eigenvalue weighted by Gasteiger charge is -2.30. The van der Waals surface area contributed by atoms with Gasteiger partial charge in [0.2, 0.25) is 5.91 Å². The number of hydrogen-bond acceptors (Lipinski definition) is 3. The van der Waals surface area contributed by atoms with E-state index < -0.39 is 0 Å². The first-order valence-electron chi connectivity index (χ1n) is 6.99. The number of likely N-dealkylation sites (tertiary alicyclic amines) is 1. The van der Waals surface area contributed by atoms with Crippen LogP contribution in [-0.4, -0.2) is 41.7 Å². The molecule has 4 nitrogen and oxygen atoms in total. The van der Waals surface area contributed by atoms with Gasteiger partial charge in [-0.1, -0.05) is 15.9 Å². The third-order valence-corrected chi connectivity index (χ3v) is 3.90. The van der Waals surface area contributed by atoms with Crippen molar-refractivity contribution in [1.82, 2.24) is 4.90 Å². The Morgan fingerprint density at radius 3 is 2.85 bits per heavy atom. The number of halogens is 1. The zero-order valence-corrected chi connectivity index (χ0v) is 13.0. The topological polar surface area (TPSA) is 49.8 Å². The van der Waals surface area contributed by atoms with Gasteiger partial charge in [-0.2, -0.15) is 0 Å². The van der Waals surface area contributed by atoms with Crippen molar-refractivity contribution in [1.29, 1.82) is 0 Å². The summed E-state index contributed by atoms with van der Waals surface area (Å²) in [6, 6.07) is 7.64. The smallest absolute Gasteiger partial charge is 0.222 e. The summed E-state index contributed by atoms with van der Waals surface area (Å²) in [7, 11) is 0. The van der Waals surface area contributed by atoms with Gasteiger partial charge in [-0.25, -0.2) is 0 Å². The molecular formula is C15H20BrNO3. The molecule has 1 saturated heterocycles. The number of hydrogen-bond donors (Lipinski definition) is 1. The van der Waals surface area contributed by atoms with Gasteiger partial charge >= 0.3 is 0 Å². The minimum Gasteiger partial charge on any atom is -0.494 e. The average Bonchev–Trinajstić information content (AvgIpc) is 2.45. The van der Waals surface area contributed by atoms with Gasteiger partial charge in [-0.3, -0.25) is 4.79 Å². The lowest BCUT2D eigenvalue weighted by atomic mass is 10.1. The average molecular weight is 342 g/mol. The summed E-state index contributed by atoms with van der Waals surface area (Å²) in [5, 5.41) is 9.55. The molecule has 0 radical (unpaired) electrons. The van der Waals surface area contributed by atoms with Gasteiger partial charge in [0.05, 0.1) is 12.7 Å². The summed E-state index contributed by atoms with van der Waals surface area (Å²) in [5.74, 6) is 0.928. The first-order chi connectivity index (χ1) is 9.65. The number of nitrogens with zero attached hydrogens (tertiary/aromatic N) is 1. The number of β-amino-alcohol motifs (C(OH)–C–C–N with tert-alkyl or cyclic N) is 1. The van der Waals surface area contributed by atoms with Crippen LogP contribution in [0.4, 0.5) is 0 Å². The molecule has 1 unspecified atom stereocenters. The number of aliphatic hydroxyl groups excluding tert-OH is 1. The minimum absolute atomic E-state index is 0.114. The highest BCUT2D eigenvalue weighted by Gasteiger charge is 2.21. The number of piperidine rings is 1. The predicted molar refractivity (Wildman–Crippen MR) is 80.7 cm³/mol. The van der Waals surface area contributed by atoms with Crippen molar-refractivity contribution < 1.29 is 14.6 Å². The van der Waals surface area contributed by atoms with Crippen molar-refractivity contribution in [3.8, 4) is 5.75 Å². The molecule has 1 fully saturated rings. The maximum absolute atomic E-state index is 12.0. The van der Waals surface area contributed by atoms with Gasteiger partial charge in [-0.05, 0) is 43.5 Å². The number of ether oxygens (including phenoxy) is 1. The number of benzene rings is 1. The van der Waals surface area contributed by atoms with Crippen LogP contribution in [0.1, 0.15) is 25.7 Å². The van der Waals surface area contributed by atoms with Crippen molar-refractivity contribution >= 4 is 21.8 Å². The van der Waals surface area contributed by atoms with Crippen LogP contribution in [0.25, 0.3) is 0 Å². The molecule has 1 aromatic rings. The number of carbonyl (C=O) groups excluding carboxylic acids is 1. The largest absolute Gasteiger partial charge is 0.494 e. The monoisotopic (exact) mass is 341 g/mol. The zero-order valence-electron chi connectivity index (χ0n) is 11.4. The van der Waals surface area contributed by atoms with Crippen LogP contribution >= 0.6 is 15.9 Å². The molecule has 1 aromatic carbocycles. The maximum atomic E-state index is 12.0. The molecule has 1 atom stereocenters. The Hall–Kier alpha value is -1.07. The zero-order chi connectivity index (χ0) is 14.4. The minimum atomic E-state index is -0.355. The molecule has 0 saturated carbocycles. The molecule has 0 bridgehead atoms. The second-order valence-corrected chi connectivity index (χ2v) is 5.96. The molecule has 1 amide bonds. The van der Waals surface area contributed by atoms with Crippen molar-refractivity contribution in [2.75, 3.05) is 19.7 Å². The molecule has 0 aliphatic carbocycles. The van der Waals surface area contributed by atoms with Crippen molar-refractivity contribution in [2.45, 2.75) is 31.8 Å². The number of carbonyl (C=O) groups is 1. The standard InChI is InChI=1S/C15H20BrNO3/c16-12-5-7-14(8-6-12)20-10-2-4-15(19)17-9-1-3-13(18)11-17/h5-8,13,18H,1-4,9-11H2. The third-order valence-electron chi connectivity index (χ3n) is 3.37. The van der Waals surface area contributed by atoms with E-state index in [9.17, 15) is 9.90 Å². The fourth-order valence-corrected chi connectivity index (χ4v) is 2.55. The summed E-state index contributed by atoms with van der Waals surface area (Å²) < 4.78 is 6.60. The van der Waals surface area contributed by atoms with E-state index in [-0.39, 0.29) is 12.0 Å². The van der Waals surface area contributed by atoms with E-state index in [4.69, 9.17) is 4.74 Å². The van der Waals surface area contributed by atoms with E-state index >= 15 is 0 Å². The van der Waals surface area contributed by atoms with E-state index in [0.29, 0.717) is 26.0 Å². The second kappa shape index (κ2) is 7.64. The summed E-state index contributed by atoms with van der Waals surface area (Å²) >= 11 is 3.37. The molecule has 20 heavy (non-hydrogen) atoms. The van der Waals surface area contributed by atoms with Gasteiger partial charge in [0.25, 0.3) is 0 Å². The van der Waals surface area contributed by atoms with E-state index in [1.807, 2.05) is 24.3 Å². The fourth-order valence-electron chi connectivity index (χ4n) is 2.28. The Bertz CT molecular complexity index is 435. The SMILES string of the molecule is O=C(CCCOc1ccc(Br)cc1)N1CCCC(O)C1. The lowest BCUT2D eigenvalue weighted by molar-refractivity contribution is -0.134. The van der Waals surface area contributed by atoms with Crippen molar-refractivity contribution in [3.05, 3.63) is 28.7 Å². The summed E-state index contributed by atoms with van der Waals surface area (Å²) in [5.41, 5.74) is 0. The van der Waals surface area contributed by atoms with Crippen LogP contribution in [0.15, 0.2) is 28.7 Å². The van der Waals surface area contributed by atoms with E-state index in [0.717, 1.165) is 29.6 Å². The third kappa shape index (κ3) is 4.80. The molecule has 110 valence electrons. The van der Waals surface area contributed by atoms with Crippen LogP contribution < -0.4 is 4.74 Å². The lowest BCUT2D eigenvalue weighted by Crippen LogP contribution is -2.42. The second-order valence-electron chi connectivity index (χ2n) is 5.04. The molecule has 1 N–H and O–H groups in total. The van der Waals surface area contributed by atoms with E-state index in [2.05, 4.69) is 15.9 Å². The Morgan fingerprint density at radius 1 is 1.40 bits per heavy atom. The first-order valence-corrected chi connectivity index (χ1v) is 7.78. The summed E-state index contributed by atoms with van der Waals surface area (Å²) in [6.07, 6.45) is 2.51. The molecular weight excluding hydrogens is 322 g/mol. The van der Waals surface area contributed by atoms with Gasteiger partial charge in [0.15, 0.2) is 0 Å². The van der Waals surface area contributed by atoms with Crippen molar-refractivity contribution in [3.63, 3.8) is 0 Å². The summed E-state index contributed by atoms with van der Waals surface area (Å²) in [6.45, 7) is 1.78. The van der Waals surface area contributed by atoms with E-state index in [1.165, 1.54) is 0 Å². The van der Waals surface area contributed by atoms with Crippen LogP contribution in [-0.2, 0) is 4.79 Å². The Labute approximate surface area is 127 Å². The highest BCUT2D eigenvalue weighted by atomic mass is 79.9. The van der Waals surface area contributed by atoms with Crippen LogP contribution in [0.5, 0.6) is 5.75 Å². The van der Waals surface area contributed by atoms with Gasteiger partial charge in [0, 0.05) is 24.0 Å². The van der Waals surface area contributed by atoms with Gasteiger partial charge in [0.1, 0.15) is 5.75 Å². The molecule has 0 spiro atoms. The molecule has 1 aliphatic heterocycles. The number of rotatable bonds is 5. The molecule has 1 aliphatic rings. The molecule has 0 aromatic heterocycles. The number of amides is 1. The Morgan fingerprint density at radius 2 is 2.15 bits per heavy atom. The number of aliphatic hydroxyl groups is 1. The normalized spacial score (nSPS) is 18.9. The molecule has 5 heteroatoms. The maximum Gasteiger partial charge on any atom is 0.222 e. The van der Waals surface area contributed by atoms with Gasteiger partial charge in [-0.15, -0.1) is 0 Å².